The van der Waals surface area contributed by atoms with E-state index < -0.39 is 5.89 Å². The molecule has 0 aromatic heterocycles. The van der Waals surface area contributed by atoms with E-state index in [0.717, 1.165) is 19.3 Å². The zero-order valence-corrected chi connectivity index (χ0v) is 10.5. The Hall–Kier alpha value is -0.0800. The fourth-order valence-electron chi connectivity index (χ4n) is 1.02. The fourth-order valence-corrected chi connectivity index (χ4v) is 1.02. The molecular weight excluding hydrogens is 176 g/mol. The molecule has 0 heterocycles. The van der Waals surface area contributed by atoms with Crippen molar-refractivity contribution < 1.29 is 11.1 Å². The second-order valence-electron chi connectivity index (χ2n) is 5.00. The first-order valence-electron chi connectivity index (χ1n) is 6.01. The van der Waals surface area contributed by atoms with Gasteiger partial charge in [0.25, 0.3) is 0 Å². The van der Waals surface area contributed by atoms with Gasteiger partial charge in [0.05, 0.1) is 11.7 Å². The maximum Gasteiger partial charge on any atom is 0.0953 e. The average Bonchev–Trinajstić information content (AvgIpc) is 1.99. The zero-order chi connectivity index (χ0) is 12.1. The quantitative estimate of drug-likeness (QED) is 0.481. The van der Waals surface area contributed by atoms with Crippen LogP contribution in [0.3, 0.4) is 0 Å². The van der Waals surface area contributed by atoms with Crippen LogP contribution in [0.15, 0.2) is 0 Å². The van der Waals surface area contributed by atoms with Gasteiger partial charge in [0, 0.05) is 1.37 Å². The molecule has 0 aliphatic heterocycles. The SMILES string of the molecule is [2H]C(C)(C)C(CCCC)OOC(C)(C)C. The van der Waals surface area contributed by atoms with Crippen molar-refractivity contribution >= 4 is 0 Å². The molecule has 0 amide bonds. The van der Waals surface area contributed by atoms with Gasteiger partial charge in [-0.3, -0.25) is 0 Å². The molecule has 86 valence electrons. The predicted octanol–water partition coefficient (Wildman–Crippen LogP) is 3.95. The zero-order valence-electron chi connectivity index (χ0n) is 11.5. The molecule has 1 atom stereocenters. The normalized spacial score (nSPS) is 16.6. The molecule has 0 saturated carbocycles. The third kappa shape index (κ3) is 7.34. The van der Waals surface area contributed by atoms with Crippen LogP contribution in [0.4, 0.5) is 0 Å². The van der Waals surface area contributed by atoms with Crippen LogP contribution in [0, 0.1) is 5.89 Å². The first kappa shape index (κ1) is 12.0. The molecule has 0 fully saturated rings. The molecule has 0 bridgehead atoms. The maximum atomic E-state index is 7.97. The van der Waals surface area contributed by atoms with Gasteiger partial charge in [-0.1, -0.05) is 33.6 Å². The molecule has 14 heavy (non-hydrogen) atoms. The van der Waals surface area contributed by atoms with E-state index in [2.05, 4.69) is 6.92 Å². The lowest BCUT2D eigenvalue weighted by molar-refractivity contribution is -0.379. The summed E-state index contributed by atoms with van der Waals surface area (Å²) in [5, 5.41) is 0. The van der Waals surface area contributed by atoms with Crippen molar-refractivity contribution in [3.63, 3.8) is 0 Å². The lowest BCUT2D eigenvalue weighted by atomic mass is 10.0. The molecule has 0 saturated heterocycles. The summed E-state index contributed by atoms with van der Waals surface area (Å²) in [6.07, 6.45) is 2.91. The molecule has 0 aliphatic rings. The molecule has 0 N–H and O–H groups in total. The highest BCUT2D eigenvalue weighted by molar-refractivity contribution is 4.62. The van der Waals surface area contributed by atoms with E-state index in [-0.39, 0.29) is 11.7 Å². The number of unbranched alkanes of at least 4 members (excludes halogenated alkanes) is 1. The molecule has 2 heteroatoms. The Bertz CT molecular complexity index is 167. The van der Waals surface area contributed by atoms with Crippen molar-refractivity contribution in [3.05, 3.63) is 0 Å². The molecule has 0 aliphatic carbocycles. The minimum Gasteiger partial charge on any atom is -0.233 e. The van der Waals surface area contributed by atoms with Gasteiger partial charge in [0.2, 0.25) is 0 Å². The minimum absolute atomic E-state index is 0.156. The highest BCUT2D eigenvalue weighted by atomic mass is 17.2. The Kier molecular flexibility index (Phi) is 5.49. The monoisotopic (exact) mass is 203 g/mol. The summed E-state index contributed by atoms with van der Waals surface area (Å²) in [4.78, 5) is 10.7. The molecular formula is C12H26O2. The third-order valence-corrected chi connectivity index (χ3v) is 1.88. The third-order valence-electron chi connectivity index (χ3n) is 1.88. The topological polar surface area (TPSA) is 18.5 Å². The average molecular weight is 203 g/mol. The van der Waals surface area contributed by atoms with E-state index in [1.54, 1.807) is 0 Å². The molecule has 0 spiro atoms. The van der Waals surface area contributed by atoms with Crippen LogP contribution < -0.4 is 0 Å². The summed E-state index contributed by atoms with van der Waals surface area (Å²) in [5.74, 6) is -0.611. The van der Waals surface area contributed by atoms with Gasteiger partial charge in [-0.15, -0.1) is 0 Å². The van der Waals surface area contributed by atoms with Crippen LogP contribution in [0.1, 0.15) is 62.2 Å². The first-order chi connectivity index (χ1) is 6.67. The Balaban J connectivity index is 4.14. The molecule has 0 aromatic rings. The standard InChI is InChI=1S/C12H26O2/c1-7-8-9-11(10(2)3)13-14-12(4,5)6/h10-11H,7-9H2,1-6H3/i10D. The van der Waals surface area contributed by atoms with Gasteiger partial charge in [0.1, 0.15) is 0 Å². The Morgan fingerprint density at radius 2 is 1.86 bits per heavy atom. The van der Waals surface area contributed by atoms with Crippen molar-refractivity contribution in [2.45, 2.75) is 72.5 Å². The smallest absolute Gasteiger partial charge is 0.0953 e. The van der Waals surface area contributed by atoms with E-state index in [4.69, 9.17) is 11.1 Å². The largest absolute Gasteiger partial charge is 0.233 e. The lowest BCUT2D eigenvalue weighted by Crippen LogP contribution is -2.27. The van der Waals surface area contributed by atoms with E-state index in [9.17, 15) is 0 Å². The highest BCUT2D eigenvalue weighted by Crippen LogP contribution is 2.18. The minimum atomic E-state index is -0.611. The van der Waals surface area contributed by atoms with Gasteiger partial charge in [-0.25, -0.2) is 9.78 Å². The summed E-state index contributed by atoms with van der Waals surface area (Å²) in [6, 6.07) is 0. The van der Waals surface area contributed by atoms with Gasteiger partial charge in [0.15, 0.2) is 0 Å². The summed E-state index contributed by atoms with van der Waals surface area (Å²) in [7, 11) is 0. The number of hydrogen-bond donors (Lipinski definition) is 0. The number of rotatable bonds is 6. The van der Waals surface area contributed by atoms with Crippen LogP contribution in [0.2, 0.25) is 0 Å². The van der Waals surface area contributed by atoms with Gasteiger partial charge in [-0.05, 0) is 33.1 Å². The molecule has 1 unspecified atom stereocenters. The summed E-state index contributed by atoms with van der Waals surface area (Å²) < 4.78 is 7.97. The summed E-state index contributed by atoms with van der Waals surface area (Å²) in [6.45, 7) is 11.7. The van der Waals surface area contributed by atoms with Crippen LogP contribution in [0.5, 0.6) is 0 Å². The lowest BCUT2D eigenvalue weighted by Gasteiger charge is -2.25. The first-order valence-corrected chi connectivity index (χ1v) is 5.51. The summed E-state index contributed by atoms with van der Waals surface area (Å²) in [5.41, 5.74) is -0.310. The van der Waals surface area contributed by atoms with E-state index in [0.29, 0.717) is 0 Å². The fraction of sp³-hybridized carbons (Fsp3) is 1.00. The van der Waals surface area contributed by atoms with E-state index in [1.165, 1.54) is 0 Å². The highest BCUT2D eigenvalue weighted by Gasteiger charge is 2.19. The van der Waals surface area contributed by atoms with Gasteiger partial charge in [-0.2, -0.15) is 0 Å². The number of hydrogen-bond acceptors (Lipinski definition) is 2. The van der Waals surface area contributed by atoms with Gasteiger partial charge >= 0.3 is 0 Å². The second-order valence-corrected chi connectivity index (χ2v) is 5.00. The second kappa shape index (κ2) is 6.41. The van der Waals surface area contributed by atoms with E-state index in [1.807, 2.05) is 34.6 Å². The predicted molar refractivity (Wildman–Crippen MR) is 60.1 cm³/mol. The molecule has 0 rings (SSSR count). The summed E-state index contributed by atoms with van der Waals surface area (Å²) >= 11 is 0. The molecule has 0 radical (unpaired) electrons. The molecule has 0 aromatic carbocycles. The Labute approximate surface area is 90.3 Å². The van der Waals surface area contributed by atoms with Gasteiger partial charge < -0.3 is 0 Å². The van der Waals surface area contributed by atoms with Crippen molar-refractivity contribution in [3.8, 4) is 0 Å². The van der Waals surface area contributed by atoms with Crippen LogP contribution in [0.25, 0.3) is 0 Å². The molecule has 2 nitrogen and oxygen atoms in total. The van der Waals surface area contributed by atoms with E-state index >= 15 is 0 Å². The van der Waals surface area contributed by atoms with Crippen LogP contribution >= 0.6 is 0 Å². The van der Waals surface area contributed by atoms with Crippen molar-refractivity contribution in [1.29, 1.82) is 0 Å². The Morgan fingerprint density at radius 3 is 2.21 bits per heavy atom. The van der Waals surface area contributed by atoms with Crippen LogP contribution in [-0.4, -0.2) is 11.7 Å². The van der Waals surface area contributed by atoms with Crippen LogP contribution in [-0.2, 0) is 9.78 Å². The van der Waals surface area contributed by atoms with Crippen molar-refractivity contribution in [1.82, 2.24) is 0 Å². The Morgan fingerprint density at radius 1 is 1.29 bits per heavy atom. The van der Waals surface area contributed by atoms with Crippen molar-refractivity contribution in [2.75, 3.05) is 0 Å². The van der Waals surface area contributed by atoms with Crippen molar-refractivity contribution in [2.24, 2.45) is 5.89 Å². The maximum absolute atomic E-state index is 7.97.